The Kier molecular flexibility index (Phi) is 3.53. The van der Waals surface area contributed by atoms with E-state index in [9.17, 15) is 23.3 Å². The lowest BCUT2D eigenvalue weighted by Crippen LogP contribution is -2.09. The summed E-state index contributed by atoms with van der Waals surface area (Å²) in [6, 6.07) is 0.703. The Morgan fingerprint density at radius 2 is 2.00 bits per heavy atom. The molecular formula is C10H4ClF3N4O2. The SMILES string of the molecule is O=[N+]([O-])c1c(Cl)ncnc1-c1cnccc1C(F)(F)F. The summed E-state index contributed by atoms with van der Waals surface area (Å²) in [7, 11) is 0. The number of hydrogen-bond acceptors (Lipinski definition) is 5. The van der Waals surface area contributed by atoms with E-state index >= 15 is 0 Å². The molecule has 2 aromatic heterocycles. The average molecular weight is 305 g/mol. The van der Waals surface area contributed by atoms with Crippen LogP contribution in [0.1, 0.15) is 5.56 Å². The van der Waals surface area contributed by atoms with Crippen molar-refractivity contribution >= 4 is 17.3 Å². The van der Waals surface area contributed by atoms with Gasteiger partial charge in [0.1, 0.15) is 6.33 Å². The van der Waals surface area contributed by atoms with E-state index in [-0.39, 0.29) is 0 Å². The Hall–Kier alpha value is -2.29. The molecule has 6 nitrogen and oxygen atoms in total. The zero-order chi connectivity index (χ0) is 14.9. The van der Waals surface area contributed by atoms with Gasteiger partial charge in [-0.25, -0.2) is 9.97 Å². The van der Waals surface area contributed by atoms with Gasteiger partial charge in [0.15, 0.2) is 5.69 Å². The molecule has 10 heteroatoms. The van der Waals surface area contributed by atoms with Gasteiger partial charge in [-0.2, -0.15) is 13.2 Å². The maximum atomic E-state index is 12.9. The Morgan fingerprint density at radius 1 is 1.30 bits per heavy atom. The molecule has 0 N–H and O–H groups in total. The third-order valence-electron chi connectivity index (χ3n) is 2.34. The van der Waals surface area contributed by atoms with Crippen molar-refractivity contribution in [3.63, 3.8) is 0 Å². The first-order chi connectivity index (χ1) is 9.32. The number of rotatable bonds is 2. The zero-order valence-electron chi connectivity index (χ0n) is 9.43. The quantitative estimate of drug-likeness (QED) is 0.483. The molecule has 0 amide bonds. The van der Waals surface area contributed by atoms with Crippen LogP contribution < -0.4 is 0 Å². The molecule has 0 radical (unpaired) electrons. The van der Waals surface area contributed by atoms with Crippen molar-refractivity contribution in [2.75, 3.05) is 0 Å². The van der Waals surface area contributed by atoms with Crippen LogP contribution in [-0.4, -0.2) is 19.9 Å². The van der Waals surface area contributed by atoms with Crippen LogP contribution in [0.25, 0.3) is 11.3 Å². The Morgan fingerprint density at radius 3 is 2.60 bits per heavy atom. The molecule has 2 rings (SSSR count). The van der Waals surface area contributed by atoms with Gasteiger partial charge in [-0.3, -0.25) is 15.1 Å². The Bertz CT molecular complexity index is 678. The smallest absolute Gasteiger partial charge is 0.264 e. The molecule has 104 valence electrons. The third-order valence-corrected chi connectivity index (χ3v) is 2.62. The standard InChI is InChI=1S/C10H4ClF3N4O2/c11-9-8(18(19)20)7(16-4-17-9)5-3-15-2-1-6(5)10(12,13)14/h1-4H. The van der Waals surface area contributed by atoms with Gasteiger partial charge in [-0.05, 0) is 6.07 Å². The van der Waals surface area contributed by atoms with Crippen molar-refractivity contribution in [1.82, 2.24) is 15.0 Å². The maximum absolute atomic E-state index is 12.9. The molecule has 0 aromatic carbocycles. The van der Waals surface area contributed by atoms with E-state index in [0.29, 0.717) is 6.07 Å². The highest BCUT2D eigenvalue weighted by Gasteiger charge is 2.36. The number of nitrogens with zero attached hydrogens (tertiary/aromatic N) is 4. The van der Waals surface area contributed by atoms with Gasteiger partial charge in [0.25, 0.3) is 0 Å². The fourth-order valence-corrected chi connectivity index (χ4v) is 1.75. The minimum Gasteiger partial charge on any atom is -0.264 e. The molecular weight excluding hydrogens is 301 g/mol. The van der Waals surface area contributed by atoms with Crippen molar-refractivity contribution in [1.29, 1.82) is 0 Å². The van der Waals surface area contributed by atoms with E-state index in [1.165, 1.54) is 0 Å². The minimum absolute atomic E-state index is 0.531. The van der Waals surface area contributed by atoms with Gasteiger partial charge >= 0.3 is 11.9 Å². The Labute approximate surface area is 114 Å². The van der Waals surface area contributed by atoms with Gasteiger partial charge < -0.3 is 0 Å². The third kappa shape index (κ3) is 2.52. The van der Waals surface area contributed by atoms with Crippen LogP contribution >= 0.6 is 11.6 Å². The molecule has 0 aliphatic heterocycles. The molecule has 0 unspecified atom stereocenters. The van der Waals surface area contributed by atoms with E-state index in [2.05, 4.69) is 15.0 Å². The summed E-state index contributed by atoms with van der Waals surface area (Å²) in [5.74, 6) is 0. The highest BCUT2D eigenvalue weighted by molar-refractivity contribution is 6.31. The molecule has 0 aliphatic carbocycles. The van der Waals surface area contributed by atoms with E-state index < -0.39 is 38.8 Å². The van der Waals surface area contributed by atoms with Crippen LogP contribution in [-0.2, 0) is 6.18 Å². The lowest BCUT2D eigenvalue weighted by molar-refractivity contribution is -0.384. The number of alkyl halides is 3. The zero-order valence-corrected chi connectivity index (χ0v) is 10.2. The lowest BCUT2D eigenvalue weighted by atomic mass is 10.1. The minimum atomic E-state index is -4.70. The maximum Gasteiger partial charge on any atom is 0.417 e. The second-order valence-electron chi connectivity index (χ2n) is 3.54. The van der Waals surface area contributed by atoms with Crippen LogP contribution in [0.15, 0.2) is 24.8 Å². The second kappa shape index (κ2) is 5.00. The average Bonchev–Trinajstić information content (AvgIpc) is 2.37. The van der Waals surface area contributed by atoms with E-state index in [1.54, 1.807) is 0 Å². The van der Waals surface area contributed by atoms with Gasteiger partial charge in [0.05, 0.1) is 10.5 Å². The molecule has 0 saturated carbocycles. The Balaban J connectivity index is 2.77. The molecule has 0 fully saturated rings. The van der Waals surface area contributed by atoms with E-state index in [1.807, 2.05) is 0 Å². The second-order valence-corrected chi connectivity index (χ2v) is 3.90. The fourth-order valence-electron chi connectivity index (χ4n) is 1.55. The lowest BCUT2D eigenvalue weighted by Gasteiger charge is -2.11. The first-order valence-corrected chi connectivity index (χ1v) is 5.36. The van der Waals surface area contributed by atoms with Crippen LogP contribution in [0.4, 0.5) is 18.9 Å². The molecule has 2 aromatic rings. The summed E-state index contributed by atoms with van der Waals surface area (Å²) in [6.07, 6.45) is -2.09. The van der Waals surface area contributed by atoms with Gasteiger partial charge in [-0.15, -0.1) is 0 Å². The molecule has 0 saturated heterocycles. The largest absolute Gasteiger partial charge is 0.417 e. The highest BCUT2D eigenvalue weighted by Crippen LogP contribution is 2.40. The van der Waals surface area contributed by atoms with Crippen molar-refractivity contribution in [2.45, 2.75) is 6.18 Å². The first kappa shape index (κ1) is 14.1. The number of hydrogen-bond donors (Lipinski definition) is 0. The van der Waals surface area contributed by atoms with Crippen molar-refractivity contribution in [3.8, 4) is 11.3 Å². The first-order valence-electron chi connectivity index (χ1n) is 4.99. The summed E-state index contributed by atoms with van der Waals surface area (Å²) in [5, 5.41) is 10.4. The molecule has 0 bridgehead atoms. The van der Waals surface area contributed by atoms with Crippen LogP contribution in [0, 0.1) is 10.1 Å². The normalized spacial score (nSPS) is 11.4. The van der Waals surface area contributed by atoms with Crippen molar-refractivity contribution in [2.24, 2.45) is 0 Å². The van der Waals surface area contributed by atoms with E-state index in [0.717, 1.165) is 18.7 Å². The van der Waals surface area contributed by atoms with E-state index in [4.69, 9.17) is 11.6 Å². The number of nitro groups is 1. The summed E-state index contributed by atoms with van der Waals surface area (Å²) >= 11 is 5.55. The van der Waals surface area contributed by atoms with Gasteiger partial charge in [0.2, 0.25) is 5.15 Å². The molecule has 2 heterocycles. The van der Waals surface area contributed by atoms with Gasteiger partial charge in [0, 0.05) is 18.0 Å². The molecule has 0 aliphatic rings. The molecule has 20 heavy (non-hydrogen) atoms. The van der Waals surface area contributed by atoms with Crippen LogP contribution in [0.3, 0.4) is 0 Å². The molecule has 0 atom stereocenters. The monoisotopic (exact) mass is 304 g/mol. The predicted molar refractivity (Wildman–Crippen MR) is 61.9 cm³/mol. The fraction of sp³-hybridized carbons (Fsp3) is 0.100. The number of aromatic nitrogens is 3. The van der Waals surface area contributed by atoms with Gasteiger partial charge in [-0.1, -0.05) is 11.6 Å². The topological polar surface area (TPSA) is 81.8 Å². The number of halogens is 4. The van der Waals surface area contributed by atoms with Crippen molar-refractivity contribution in [3.05, 3.63) is 45.6 Å². The van der Waals surface area contributed by atoms with Crippen molar-refractivity contribution < 1.29 is 18.1 Å². The predicted octanol–water partition coefficient (Wildman–Crippen LogP) is 3.12. The molecule has 0 spiro atoms. The highest BCUT2D eigenvalue weighted by atomic mass is 35.5. The van der Waals surface area contributed by atoms with Crippen LogP contribution in [0.2, 0.25) is 5.15 Å². The summed E-state index contributed by atoms with van der Waals surface area (Å²) in [5.41, 5.74) is -2.95. The number of pyridine rings is 1. The van der Waals surface area contributed by atoms with Crippen LogP contribution in [0.5, 0.6) is 0 Å². The summed E-state index contributed by atoms with van der Waals surface area (Å²) in [4.78, 5) is 20.4. The summed E-state index contributed by atoms with van der Waals surface area (Å²) in [6.45, 7) is 0. The summed E-state index contributed by atoms with van der Waals surface area (Å²) < 4.78 is 38.7.